The van der Waals surface area contributed by atoms with Crippen molar-refractivity contribution in [1.82, 2.24) is 0 Å². The van der Waals surface area contributed by atoms with E-state index in [2.05, 4.69) is 0 Å². The van der Waals surface area contributed by atoms with Gasteiger partial charge in [-0.3, -0.25) is 0 Å². The van der Waals surface area contributed by atoms with Gasteiger partial charge in [-0.05, 0) is 57.8 Å². The van der Waals surface area contributed by atoms with Crippen LogP contribution in [0.1, 0.15) is 0 Å². The molecule has 2 fully saturated rings. The van der Waals surface area contributed by atoms with Crippen molar-refractivity contribution in [3.8, 4) is 0 Å². The Morgan fingerprint density at radius 2 is 1.38 bits per heavy atom. The molecule has 2 nitrogen and oxygen atoms in total. The number of carbonyl (C=O) groups is 1. The third kappa shape index (κ3) is 7.95. The summed E-state index contributed by atoms with van der Waals surface area (Å²) in [5.41, 5.74) is 0. The van der Waals surface area contributed by atoms with Gasteiger partial charge in [0, 0.05) is 29.1 Å². The van der Waals surface area contributed by atoms with E-state index < -0.39 is 5.97 Å². The Balaban J connectivity index is 0.000000318. The summed E-state index contributed by atoms with van der Waals surface area (Å²) in [4.78, 5) is 10.0. The largest absolute Gasteiger partial charge is 0.478 e. The molecule has 0 spiro atoms. The quantitative estimate of drug-likeness (QED) is 0.606. The van der Waals surface area contributed by atoms with Crippen molar-refractivity contribution in [2.24, 2.45) is 0 Å². The molecule has 0 atom stereocenters. The van der Waals surface area contributed by atoms with Crippen LogP contribution in [0, 0.1) is 63.7 Å². The number of hydrogen-bond acceptors (Lipinski definition) is 1. The van der Waals surface area contributed by atoms with Crippen LogP contribution in [-0.4, -0.2) is 11.1 Å². The second-order valence-corrected chi connectivity index (χ2v) is 2.85. The fourth-order valence-corrected chi connectivity index (χ4v) is 0.988. The molecular weight excluding hydrogens is 244 g/mol. The number of hydrogen-bond donors (Lipinski definition) is 1. The average molecular weight is 256 g/mol. The van der Waals surface area contributed by atoms with Gasteiger partial charge in [-0.1, -0.05) is 6.08 Å². The monoisotopic (exact) mass is 256 g/mol. The maximum Gasteiger partial charge on any atom is 0.327 e. The molecule has 0 amide bonds. The first kappa shape index (κ1) is 15.7. The summed E-state index contributed by atoms with van der Waals surface area (Å²) in [6, 6.07) is 0. The van der Waals surface area contributed by atoms with Gasteiger partial charge in [0.05, 0.1) is 0 Å². The van der Waals surface area contributed by atoms with Crippen LogP contribution in [0.25, 0.3) is 0 Å². The first-order valence-electron chi connectivity index (χ1n) is 4.58. The first-order valence-corrected chi connectivity index (χ1v) is 4.58. The van der Waals surface area contributed by atoms with Crippen molar-refractivity contribution in [1.29, 1.82) is 0 Å². The first-order chi connectivity index (χ1) is 7.29. The molecule has 0 bridgehead atoms. The van der Waals surface area contributed by atoms with Crippen LogP contribution in [0.3, 0.4) is 0 Å². The molecular formula is C13H12FeO2. The minimum atomic E-state index is -0.916. The van der Waals surface area contributed by atoms with Crippen molar-refractivity contribution >= 4 is 5.97 Å². The van der Waals surface area contributed by atoms with Crippen LogP contribution in [0.5, 0.6) is 0 Å². The van der Waals surface area contributed by atoms with Crippen molar-refractivity contribution in [2.75, 3.05) is 0 Å². The van der Waals surface area contributed by atoms with E-state index in [1.807, 2.05) is 57.8 Å². The molecule has 3 heteroatoms. The van der Waals surface area contributed by atoms with Crippen LogP contribution in [0.15, 0.2) is 12.2 Å². The fraction of sp³-hybridized carbons (Fsp3) is 0. The van der Waals surface area contributed by atoms with Gasteiger partial charge in [-0.2, -0.15) is 0 Å². The second-order valence-electron chi connectivity index (χ2n) is 2.85. The summed E-state index contributed by atoms with van der Waals surface area (Å²) >= 11 is 0. The number of carboxylic acid groups (broad SMARTS) is 1. The molecule has 84 valence electrons. The molecule has 0 saturated heterocycles. The van der Waals surface area contributed by atoms with Gasteiger partial charge in [0.25, 0.3) is 0 Å². The van der Waals surface area contributed by atoms with Crippen LogP contribution in [0.4, 0.5) is 0 Å². The molecule has 0 aromatic carbocycles. The van der Waals surface area contributed by atoms with E-state index in [9.17, 15) is 4.79 Å². The van der Waals surface area contributed by atoms with Gasteiger partial charge in [0.2, 0.25) is 0 Å². The molecule has 0 unspecified atom stereocenters. The Bertz CT molecular complexity index is 196. The van der Waals surface area contributed by atoms with Crippen LogP contribution in [0.2, 0.25) is 0 Å². The summed E-state index contributed by atoms with van der Waals surface area (Å²) < 4.78 is 0. The molecule has 16 heavy (non-hydrogen) atoms. The molecule has 10 radical (unpaired) electrons. The third-order valence-corrected chi connectivity index (χ3v) is 1.66. The Morgan fingerprint density at radius 1 is 0.938 bits per heavy atom. The topological polar surface area (TPSA) is 37.3 Å². The molecule has 0 aromatic heterocycles. The fourth-order valence-electron chi connectivity index (χ4n) is 0.988. The van der Waals surface area contributed by atoms with E-state index >= 15 is 0 Å². The Labute approximate surface area is 109 Å². The summed E-state index contributed by atoms with van der Waals surface area (Å²) in [6.07, 6.45) is 20.1. The molecule has 2 aliphatic rings. The van der Waals surface area contributed by atoms with Gasteiger partial charge in [0.15, 0.2) is 0 Å². The van der Waals surface area contributed by atoms with Gasteiger partial charge in [0.1, 0.15) is 0 Å². The van der Waals surface area contributed by atoms with E-state index in [0.29, 0.717) is 0 Å². The number of carboxylic acids is 1. The van der Waals surface area contributed by atoms with E-state index in [1.165, 1.54) is 0 Å². The number of rotatable bonds is 2. The molecule has 1 N–H and O–H groups in total. The molecule has 0 aromatic rings. The summed E-state index contributed by atoms with van der Waals surface area (Å²) in [5, 5.41) is 8.23. The Morgan fingerprint density at radius 3 is 1.75 bits per heavy atom. The van der Waals surface area contributed by atoms with Crippen molar-refractivity contribution < 1.29 is 27.0 Å². The zero-order chi connectivity index (χ0) is 10.9. The summed E-state index contributed by atoms with van der Waals surface area (Å²) in [7, 11) is 0. The zero-order valence-electron chi connectivity index (χ0n) is 8.56. The van der Waals surface area contributed by atoms with Gasteiger partial charge >= 0.3 is 5.97 Å². The van der Waals surface area contributed by atoms with Crippen LogP contribution < -0.4 is 0 Å². The third-order valence-electron chi connectivity index (χ3n) is 1.66. The van der Waals surface area contributed by atoms with Crippen LogP contribution in [-0.2, 0) is 21.9 Å². The maximum atomic E-state index is 10.0. The SMILES string of the molecule is O=C(O)/C=C/[C]1[CH][CH][CH][CH]1.[CH]1[CH][CH][CH][CH]1.[Fe]. The van der Waals surface area contributed by atoms with E-state index in [0.717, 1.165) is 12.0 Å². The standard InChI is InChI=1S/C8H7O2.C5H5.Fe/c9-8(10)6-5-7-3-1-2-4-7;1-2-4-5-3-1;/h1-6H,(H,9,10);1-5H;/b6-5+;;. The zero-order valence-corrected chi connectivity index (χ0v) is 9.66. The minimum Gasteiger partial charge on any atom is -0.478 e. The van der Waals surface area contributed by atoms with Gasteiger partial charge in [-0.15, -0.1) is 0 Å². The van der Waals surface area contributed by atoms with Crippen LogP contribution >= 0.6 is 0 Å². The van der Waals surface area contributed by atoms with Crippen molar-refractivity contribution in [2.45, 2.75) is 0 Å². The number of allylic oxidation sites excluding steroid dienone is 1. The molecule has 2 saturated carbocycles. The molecule has 2 aliphatic carbocycles. The van der Waals surface area contributed by atoms with Crippen molar-refractivity contribution in [3.63, 3.8) is 0 Å². The van der Waals surface area contributed by atoms with Gasteiger partial charge < -0.3 is 5.11 Å². The van der Waals surface area contributed by atoms with Crippen molar-refractivity contribution in [3.05, 3.63) is 75.9 Å². The average Bonchev–Trinajstić information content (AvgIpc) is 2.91. The minimum absolute atomic E-state index is 0. The Kier molecular flexibility index (Phi) is 9.75. The predicted octanol–water partition coefficient (Wildman–Crippen LogP) is 2.05. The smallest absolute Gasteiger partial charge is 0.327 e. The second kappa shape index (κ2) is 9.92. The Hall–Kier alpha value is -0.271. The molecule has 0 aliphatic heterocycles. The van der Waals surface area contributed by atoms with E-state index in [-0.39, 0.29) is 17.1 Å². The van der Waals surface area contributed by atoms with Gasteiger partial charge in [-0.25, -0.2) is 4.79 Å². The molecule has 0 heterocycles. The summed E-state index contributed by atoms with van der Waals surface area (Å²) in [6.45, 7) is 0. The summed E-state index contributed by atoms with van der Waals surface area (Å²) in [5.74, 6) is 0.00333. The number of aliphatic carboxylic acids is 1. The normalized spacial score (nSPS) is 20.2. The van der Waals surface area contributed by atoms with E-state index in [4.69, 9.17) is 5.11 Å². The van der Waals surface area contributed by atoms with E-state index in [1.54, 1.807) is 6.08 Å². The maximum absolute atomic E-state index is 10.0. The predicted molar refractivity (Wildman–Crippen MR) is 58.7 cm³/mol. The molecule has 2 rings (SSSR count).